The number of anilines is 2. The molecule has 4 unspecified atom stereocenters. The molecule has 4 aliphatic rings. The van der Waals surface area contributed by atoms with Gasteiger partial charge in [-0.1, -0.05) is 26.8 Å². The molecule has 208 valence electrons. The van der Waals surface area contributed by atoms with Crippen LogP contribution < -0.4 is 37.6 Å². The maximum atomic E-state index is 10.8. The predicted molar refractivity (Wildman–Crippen MR) is 143 cm³/mol. The molecule has 1 aromatic carbocycles. The highest BCUT2D eigenvalue weighted by molar-refractivity contribution is 5.75. The highest BCUT2D eigenvalue weighted by Gasteiger charge is 2.51. The molecule has 10 N–H and O–H groups in total. The molecule has 0 bridgehead atoms. The molecule has 12 heteroatoms. The zero-order valence-electron chi connectivity index (χ0n) is 22.4. The van der Waals surface area contributed by atoms with Gasteiger partial charge in [-0.2, -0.15) is 0 Å². The van der Waals surface area contributed by atoms with Crippen molar-refractivity contribution >= 4 is 11.4 Å². The second kappa shape index (κ2) is 10.9. The standard InChI is InChI=1S/C25H45N9O3/c1-25(2,3)14-6-7-15-16(10-14)32-24(31-15)27-8-5-9-33(4)11-17-19(35)20(36)23(37-17)34-13-30-18-21(26)28-12-29-22(18)34/h6-7,10,17-24,27-32,35-36H,5,8-9,11-13,26H2,1-4H3/t17-,18?,19-,20-,21?,22?,23-,24?/m1/s1. The normalized spacial score (nSPS) is 35.9. The van der Waals surface area contributed by atoms with Crippen LogP contribution in [0.15, 0.2) is 18.2 Å². The van der Waals surface area contributed by atoms with Crippen molar-refractivity contribution in [2.45, 2.75) is 81.8 Å². The van der Waals surface area contributed by atoms with Crippen LogP contribution in [0.1, 0.15) is 32.8 Å². The summed E-state index contributed by atoms with van der Waals surface area (Å²) in [5, 5.41) is 41.9. The van der Waals surface area contributed by atoms with E-state index < -0.39 is 24.5 Å². The van der Waals surface area contributed by atoms with Gasteiger partial charge in [0.05, 0.1) is 36.4 Å². The van der Waals surface area contributed by atoms with Crippen molar-refractivity contribution in [1.29, 1.82) is 0 Å². The summed E-state index contributed by atoms with van der Waals surface area (Å²) in [6.45, 7) is 10.00. The van der Waals surface area contributed by atoms with Crippen molar-refractivity contribution in [1.82, 2.24) is 31.1 Å². The van der Waals surface area contributed by atoms with Gasteiger partial charge in [0.1, 0.15) is 24.5 Å². The number of hydrogen-bond acceptors (Lipinski definition) is 12. The first-order chi connectivity index (χ1) is 17.6. The average molecular weight is 520 g/mol. The van der Waals surface area contributed by atoms with E-state index in [1.54, 1.807) is 0 Å². The van der Waals surface area contributed by atoms with Gasteiger partial charge in [-0.15, -0.1) is 0 Å². The molecule has 3 saturated heterocycles. The van der Waals surface area contributed by atoms with Gasteiger partial charge < -0.3 is 36.2 Å². The van der Waals surface area contributed by atoms with Gasteiger partial charge >= 0.3 is 0 Å². The topological polar surface area (TPSA) is 154 Å². The Hall–Kier alpha value is -1.58. The van der Waals surface area contributed by atoms with E-state index in [9.17, 15) is 10.2 Å². The molecule has 0 spiro atoms. The Balaban J connectivity index is 1.04. The van der Waals surface area contributed by atoms with Crippen molar-refractivity contribution in [3.8, 4) is 0 Å². The second-order valence-corrected chi connectivity index (χ2v) is 11.8. The lowest BCUT2D eigenvalue weighted by molar-refractivity contribution is -0.106. The number of hydrogen-bond donors (Lipinski definition) is 9. The fourth-order valence-corrected chi connectivity index (χ4v) is 5.70. The quantitative estimate of drug-likeness (QED) is 0.183. The molecule has 8 atom stereocenters. The maximum absolute atomic E-state index is 10.8. The van der Waals surface area contributed by atoms with Gasteiger partial charge in [0.15, 0.2) is 6.29 Å². The lowest BCUT2D eigenvalue weighted by Crippen LogP contribution is -2.68. The first kappa shape index (κ1) is 27.0. The maximum Gasteiger partial charge on any atom is 0.153 e. The first-order valence-electron chi connectivity index (χ1n) is 13.4. The molecule has 0 amide bonds. The summed E-state index contributed by atoms with van der Waals surface area (Å²) >= 11 is 0. The van der Waals surface area contributed by atoms with E-state index in [0.29, 0.717) is 19.9 Å². The number of fused-ring (bicyclic) bond motifs is 2. The number of ether oxygens (including phenoxy) is 1. The van der Waals surface area contributed by atoms with Gasteiger partial charge in [0.25, 0.3) is 0 Å². The van der Waals surface area contributed by atoms with Crippen LogP contribution in [-0.4, -0.2) is 109 Å². The third-order valence-corrected chi connectivity index (χ3v) is 7.95. The molecule has 5 rings (SSSR count). The molecule has 4 heterocycles. The number of likely N-dealkylation sites (N-methyl/N-ethyl adjacent to an activating group) is 1. The Morgan fingerprint density at radius 2 is 1.92 bits per heavy atom. The van der Waals surface area contributed by atoms with E-state index in [2.05, 4.69) is 75.8 Å². The number of rotatable bonds is 8. The van der Waals surface area contributed by atoms with E-state index in [-0.39, 0.29) is 30.1 Å². The number of nitrogens with two attached hydrogens (primary N) is 1. The molecule has 4 aliphatic heterocycles. The predicted octanol–water partition coefficient (Wildman–Crippen LogP) is -1.54. The Morgan fingerprint density at radius 3 is 2.70 bits per heavy atom. The van der Waals surface area contributed by atoms with Crippen molar-refractivity contribution in [3.63, 3.8) is 0 Å². The van der Waals surface area contributed by atoms with Gasteiger partial charge in [-0.3, -0.25) is 21.3 Å². The molecule has 0 aliphatic carbocycles. The lowest BCUT2D eigenvalue weighted by Gasteiger charge is -2.38. The molecule has 0 aromatic heterocycles. The Bertz CT molecular complexity index is 931. The third-order valence-electron chi connectivity index (χ3n) is 7.95. The summed E-state index contributed by atoms with van der Waals surface area (Å²) in [6.07, 6.45) is -2.27. The Labute approximate surface area is 219 Å². The summed E-state index contributed by atoms with van der Waals surface area (Å²) in [5.41, 5.74) is 9.83. The van der Waals surface area contributed by atoms with Crippen molar-refractivity contribution in [2.24, 2.45) is 5.73 Å². The summed E-state index contributed by atoms with van der Waals surface area (Å²) in [6, 6.07) is 6.55. The van der Waals surface area contributed by atoms with Crippen molar-refractivity contribution in [2.75, 3.05) is 50.7 Å². The number of nitrogens with zero attached hydrogens (tertiary/aromatic N) is 2. The summed E-state index contributed by atoms with van der Waals surface area (Å²) in [7, 11) is 2.02. The molecule has 0 radical (unpaired) electrons. The minimum Gasteiger partial charge on any atom is -0.387 e. The average Bonchev–Trinajstić information content (AvgIpc) is 3.53. The highest BCUT2D eigenvalue weighted by Crippen LogP contribution is 2.33. The van der Waals surface area contributed by atoms with Gasteiger partial charge in [0.2, 0.25) is 0 Å². The Morgan fingerprint density at radius 1 is 1.14 bits per heavy atom. The van der Waals surface area contributed by atoms with E-state index in [1.807, 2.05) is 11.9 Å². The molecule has 12 nitrogen and oxygen atoms in total. The van der Waals surface area contributed by atoms with Gasteiger partial charge in [-0.25, -0.2) is 4.90 Å². The Kier molecular flexibility index (Phi) is 7.95. The monoisotopic (exact) mass is 519 g/mol. The molecular weight excluding hydrogens is 474 g/mol. The van der Waals surface area contributed by atoms with Crippen LogP contribution in [0.5, 0.6) is 0 Å². The van der Waals surface area contributed by atoms with Crippen LogP contribution in [0.25, 0.3) is 0 Å². The fourth-order valence-electron chi connectivity index (χ4n) is 5.70. The van der Waals surface area contributed by atoms with Gasteiger partial charge in [0, 0.05) is 13.2 Å². The number of nitrogens with one attached hydrogen (secondary N) is 6. The molecular formula is C25H45N9O3. The van der Waals surface area contributed by atoms with E-state index in [4.69, 9.17) is 10.5 Å². The highest BCUT2D eigenvalue weighted by atomic mass is 16.6. The number of aliphatic hydroxyl groups is 2. The van der Waals surface area contributed by atoms with Crippen molar-refractivity contribution < 1.29 is 14.9 Å². The second-order valence-electron chi connectivity index (χ2n) is 11.8. The molecule has 3 fully saturated rings. The fraction of sp³-hybridized carbons (Fsp3) is 0.760. The zero-order valence-corrected chi connectivity index (χ0v) is 22.4. The molecule has 37 heavy (non-hydrogen) atoms. The van der Waals surface area contributed by atoms with Crippen LogP contribution >= 0.6 is 0 Å². The largest absolute Gasteiger partial charge is 0.387 e. The SMILES string of the molecule is CN(CCCNC1Nc2ccc(C(C)(C)C)cc2N1)C[C@H]1O[C@@H](N2CNC3C(N)NCNC32)[C@H](O)[C@@H]1O. The molecule has 1 aromatic rings. The van der Waals surface area contributed by atoms with Crippen LogP contribution in [-0.2, 0) is 10.2 Å². The first-order valence-corrected chi connectivity index (χ1v) is 13.4. The summed E-state index contributed by atoms with van der Waals surface area (Å²) < 4.78 is 6.19. The number of benzene rings is 1. The van der Waals surface area contributed by atoms with Crippen LogP contribution in [0.4, 0.5) is 11.4 Å². The zero-order chi connectivity index (χ0) is 26.3. The third kappa shape index (κ3) is 5.74. The summed E-state index contributed by atoms with van der Waals surface area (Å²) in [4.78, 5) is 4.17. The smallest absolute Gasteiger partial charge is 0.153 e. The van der Waals surface area contributed by atoms with E-state index >= 15 is 0 Å². The minimum absolute atomic E-state index is 0.000953. The van der Waals surface area contributed by atoms with Crippen molar-refractivity contribution in [3.05, 3.63) is 23.8 Å². The molecule has 0 saturated carbocycles. The van der Waals surface area contributed by atoms with Crippen LogP contribution in [0.2, 0.25) is 0 Å². The van der Waals surface area contributed by atoms with E-state index in [0.717, 1.165) is 30.9 Å². The van der Waals surface area contributed by atoms with Crippen LogP contribution in [0, 0.1) is 0 Å². The summed E-state index contributed by atoms with van der Waals surface area (Å²) in [5.74, 6) is 0. The lowest BCUT2D eigenvalue weighted by atomic mass is 9.87. The van der Waals surface area contributed by atoms with E-state index in [1.165, 1.54) is 5.56 Å². The van der Waals surface area contributed by atoms with Crippen LogP contribution in [0.3, 0.4) is 0 Å². The number of aliphatic hydroxyl groups excluding tert-OH is 2. The van der Waals surface area contributed by atoms with Gasteiger partial charge in [-0.05, 0) is 49.7 Å². The minimum atomic E-state index is -0.978.